The first-order valence-corrected chi connectivity index (χ1v) is 10.2. The van der Waals surface area contributed by atoms with Crippen LogP contribution in [-0.4, -0.2) is 38.7 Å². The Balaban J connectivity index is 1.76. The third-order valence-electron chi connectivity index (χ3n) is 3.93. The number of ether oxygens (including phenoxy) is 3. The highest BCUT2D eigenvalue weighted by molar-refractivity contribution is 7.89. The van der Waals surface area contributed by atoms with Crippen molar-refractivity contribution in [2.75, 3.05) is 14.2 Å². The van der Waals surface area contributed by atoms with Gasteiger partial charge in [-0.05, 0) is 30.3 Å². The number of sulfonamides is 1. The van der Waals surface area contributed by atoms with Crippen LogP contribution in [0.15, 0.2) is 45.8 Å². The number of rotatable bonds is 7. The minimum atomic E-state index is -4.01. The number of methoxy groups -OCH3 is 2. The van der Waals surface area contributed by atoms with Gasteiger partial charge in [0.25, 0.3) is 5.89 Å². The average Bonchev–Trinajstić information content (AvgIpc) is 3.19. The van der Waals surface area contributed by atoms with E-state index in [0.29, 0.717) is 17.1 Å². The molecule has 3 aromatic rings. The van der Waals surface area contributed by atoms with Crippen LogP contribution < -0.4 is 14.6 Å². The van der Waals surface area contributed by atoms with Crippen LogP contribution in [0, 0.1) is 0 Å². The highest BCUT2D eigenvalue weighted by Crippen LogP contribution is 2.31. The third kappa shape index (κ3) is 4.70. The molecular weight excluding hydrogens is 438 g/mol. The fourth-order valence-electron chi connectivity index (χ4n) is 2.45. The quantitative estimate of drug-likeness (QED) is 0.533. The van der Waals surface area contributed by atoms with Gasteiger partial charge in [0.2, 0.25) is 15.8 Å². The molecule has 2 aromatic carbocycles. The van der Waals surface area contributed by atoms with Gasteiger partial charge in [-0.25, -0.2) is 18.4 Å². The summed E-state index contributed by atoms with van der Waals surface area (Å²) >= 11 is 5.95. The molecule has 0 unspecified atom stereocenters. The highest BCUT2D eigenvalue weighted by Gasteiger charge is 2.19. The maximum absolute atomic E-state index is 12.3. The van der Waals surface area contributed by atoms with Gasteiger partial charge in [0.05, 0.1) is 35.3 Å². The molecule has 0 bridgehead atoms. The van der Waals surface area contributed by atoms with E-state index in [1.54, 1.807) is 18.2 Å². The van der Waals surface area contributed by atoms with Gasteiger partial charge < -0.3 is 18.7 Å². The zero-order chi connectivity index (χ0) is 21.9. The summed E-state index contributed by atoms with van der Waals surface area (Å²) in [7, 11) is -0.995. The van der Waals surface area contributed by atoms with E-state index in [0.717, 1.165) is 6.07 Å². The Morgan fingerprint density at radius 3 is 2.60 bits per heavy atom. The zero-order valence-electron chi connectivity index (χ0n) is 15.8. The first kappa shape index (κ1) is 21.6. The van der Waals surface area contributed by atoms with Gasteiger partial charge >= 0.3 is 5.97 Å². The van der Waals surface area contributed by atoms with Crippen molar-refractivity contribution in [2.24, 2.45) is 5.14 Å². The number of carbonyl (C=O) groups is 1. The predicted octanol–water partition coefficient (Wildman–Crippen LogP) is 2.41. The molecule has 3 rings (SSSR count). The molecule has 1 aromatic heterocycles. The van der Waals surface area contributed by atoms with Crippen LogP contribution >= 0.6 is 11.6 Å². The maximum Gasteiger partial charge on any atom is 0.340 e. The minimum absolute atomic E-state index is 0.00147. The van der Waals surface area contributed by atoms with Crippen molar-refractivity contribution in [1.29, 1.82) is 0 Å². The predicted molar refractivity (Wildman–Crippen MR) is 105 cm³/mol. The second-order valence-corrected chi connectivity index (χ2v) is 7.81. The molecule has 0 saturated carbocycles. The number of aromatic nitrogens is 2. The molecule has 0 spiro atoms. The SMILES string of the molecule is COc1ccc(-c2noc(COC(=O)c3cc(S(N)(=O)=O)ccc3Cl)n2)c(OC)c1. The molecule has 30 heavy (non-hydrogen) atoms. The summed E-state index contributed by atoms with van der Waals surface area (Å²) in [5.41, 5.74) is 0.378. The molecule has 0 fully saturated rings. The van der Waals surface area contributed by atoms with Gasteiger partial charge in [0.1, 0.15) is 11.5 Å². The van der Waals surface area contributed by atoms with E-state index >= 15 is 0 Å². The average molecular weight is 454 g/mol. The van der Waals surface area contributed by atoms with Crippen LogP contribution in [0.3, 0.4) is 0 Å². The third-order valence-corrected chi connectivity index (χ3v) is 5.17. The van der Waals surface area contributed by atoms with Gasteiger partial charge in [-0.3, -0.25) is 0 Å². The lowest BCUT2D eigenvalue weighted by molar-refractivity contribution is 0.0429. The van der Waals surface area contributed by atoms with E-state index in [9.17, 15) is 13.2 Å². The summed E-state index contributed by atoms with van der Waals surface area (Å²) in [6, 6.07) is 8.50. The largest absolute Gasteiger partial charge is 0.497 e. The summed E-state index contributed by atoms with van der Waals surface area (Å²) < 4.78 is 43.6. The maximum atomic E-state index is 12.3. The van der Waals surface area contributed by atoms with Crippen molar-refractivity contribution < 1.29 is 31.9 Å². The molecule has 0 aliphatic heterocycles. The number of nitrogens with two attached hydrogens (primary N) is 1. The van der Waals surface area contributed by atoms with Gasteiger partial charge in [0, 0.05) is 6.07 Å². The molecule has 12 heteroatoms. The van der Waals surface area contributed by atoms with Crippen LogP contribution in [0.5, 0.6) is 11.5 Å². The number of nitrogens with zero attached hydrogens (tertiary/aromatic N) is 2. The van der Waals surface area contributed by atoms with Gasteiger partial charge in [0.15, 0.2) is 6.61 Å². The summed E-state index contributed by atoms with van der Waals surface area (Å²) in [6.45, 7) is -0.361. The van der Waals surface area contributed by atoms with E-state index in [-0.39, 0.29) is 33.8 Å². The van der Waals surface area contributed by atoms with Crippen LogP contribution in [0.25, 0.3) is 11.4 Å². The highest BCUT2D eigenvalue weighted by atomic mass is 35.5. The Morgan fingerprint density at radius 2 is 1.93 bits per heavy atom. The van der Waals surface area contributed by atoms with Crippen molar-refractivity contribution in [2.45, 2.75) is 11.5 Å². The van der Waals surface area contributed by atoms with Crippen LogP contribution in [0.2, 0.25) is 5.02 Å². The number of primary sulfonamides is 1. The summed E-state index contributed by atoms with van der Waals surface area (Å²) in [5, 5.41) is 8.91. The second kappa shape index (κ2) is 8.69. The van der Waals surface area contributed by atoms with Gasteiger partial charge in [-0.2, -0.15) is 4.98 Å². The fraction of sp³-hybridized carbons (Fsp3) is 0.167. The minimum Gasteiger partial charge on any atom is -0.497 e. The van der Waals surface area contributed by atoms with Crippen molar-refractivity contribution in [3.8, 4) is 22.9 Å². The Morgan fingerprint density at radius 1 is 1.17 bits per heavy atom. The molecule has 0 amide bonds. The Labute approximate surface area is 176 Å². The first-order valence-electron chi connectivity index (χ1n) is 8.27. The van der Waals surface area contributed by atoms with E-state index in [1.807, 2.05) is 0 Å². The molecule has 2 N–H and O–H groups in total. The molecule has 0 aliphatic rings. The normalized spacial score (nSPS) is 11.2. The van der Waals surface area contributed by atoms with Crippen LogP contribution in [0.4, 0.5) is 0 Å². The van der Waals surface area contributed by atoms with Gasteiger partial charge in [-0.1, -0.05) is 16.8 Å². The Hall–Kier alpha value is -3.15. The summed E-state index contributed by atoms with van der Waals surface area (Å²) in [5.74, 6) is 0.397. The van der Waals surface area contributed by atoms with Crippen molar-refractivity contribution >= 4 is 27.6 Å². The van der Waals surface area contributed by atoms with E-state index in [4.69, 9.17) is 35.5 Å². The van der Waals surface area contributed by atoms with Crippen LogP contribution in [0.1, 0.15) is 16.2 Å². The number of esters is 1. The lowest BCUT2D eigenvalue weighted by Gasteiger charge is -2.07. The topological polar surface area (TPSA) is 144 Å². The number of halogens is 1. The molecule has 0 radical (unpaired) electrons. The standard InChI is InChI=1S/C18H16ClN3O7S/c1-26-10-3-5-12(15(7-10)27-2)17-21-16(29-22-17)9-28-18(23)13-8-11(30(20,24)25)4-6-14(13)19/h3-8H,9H2,1-2H3,(H2,20,24,25). The monoisotopic (exact) mass is 453 g/mol. The number of benzene rings is 2. The molecule has 10 nitrogen and oxygen atoms in total. The molecule has 0 saturated heterocycles. The van der Waals surface area contributed by atoms with Crippen molar-refractivity contribution in [3.63, 3.8) is 0 Å². The smallest absolute Gasteiger partial charge is 0.340 e. The van der Waals surface area contributed by atoms with Crippen molar-refractivity contribution in [1.82, 2.24) is 10.1 Å². The molecule has 0 atom stereocenters. The van der Waals surface area contributed by atoms with Crippen molar-refractivity contribution in [3.05, 3.63) is 52.9 Å². The number of hydrogen-bond donors (Lipinski definition) is 1. The van der Waals surface area contributed by atoms with Gasteiger partial charge in [-0.15, -0.1) is 0 Å². The zero-order valence-corrected chi connectivity index (χ0v) is 17.4. The second-order valence-electron chi connectivity index (χ2n) is 5.84. The molecule has 1 heterocycles. The van der Waals surface area contributed by atoms with E-state index in [2.05, 4.69) is 10.1 Å². The fourth-order valence-corrected chi connectivity index (χ4v) is 3.18. The summed E-state index contributed by atoms with van der Waals surface area (Å²) in [6.07, 6.45) is 0. The molecular formula is C18H16ClN3O7S. The van der Waals surface area contributed by atoms with Crippen LogP contribution in [-0.2, 0) is 21.4 Å². The lowest BCUT2D eigenvalue weighted by atomic mass is 10.2. The lowest BCUT2D eigenvalue weighted by Crippen LogP contribution is -2.14. The van der Waals surface area contributed by atoms with E-state index < -0.39 is 16.0 Å². The Kier molecular flexibility index (Phi) is 6.25. The molecule has 158 valence electrons. The summed E-state index contributed by atoms with van der Waals surface area (Å²) in [4.78, 5) is 16.2. The first-order chi connectivity index (χ1) is 14.2. The number of carbonyl (C=O) groups excluding carboxylic acids is 1. The Bertz CT molecular complexity index is 1190. The molecule has 0 aliphatic carbocycles. The number of hydrogen-bond acceptors (Lipinski definition) is 9. The van der Waals surface area contributed by atoms with E-state index in [1.165, 1.54) is 26.4 Å².